The van der Waals surface area contributed by atoms with Gasteiger partial charge in [-0.15, -0.1) is 0 Å². The van der Waals surface area contributed by atoms with E-state index in [2.05, 4.69) is 24.3 Å². The summed E-state index contributed by atoms with van der Waals surface area (Å²) in [4.78, 5) is 0. The Morgan fingerprint density at radius 3 is 1.76 bits per heavy atom. The molecule has 2 heterocycles. The summed E-state index contributed by atoms with van der Waals surface area (Å²) in [6, 6.07) is 8.55. The van der Waals surface area contributed by atoms with Crippen LogP contribution in [0.2, 0.25) is 0 Å². The molecule has 0 N–H and O–H groups in total. The maximum absolute atomic E-state index is 6.25. The van der Waals surface area contributed by atoms with Crippen molar-refractivity contribution in [3.63, 3.8) is 0 Å². The van der Waals surface area contributed by atoms with Gasteiger partial charge in [-0.05, 0) is 17.5 Å². The zero-order valence-corrected chi connectivity index (χ0v) is 12.3. The number of hydrogen-bond acceptors (Lipinski definition) is 4. The third kappa shape index (κ3) is 1.44. The monoisotopic (exact) mass is 288 g/mol. The molecule has 2 aliphatic heterocycles. The molecule has 4 heteroatoms. The minimum Gasteiger partial charge on any atom is -0.356 e. The van der Waals surface area contributed by atoms with E-state index in [-0.39, 0.29) is 24.8 Å². The van der Waals surface area contributed by atoms with Crippen molar-refractivity contribution in [3.05, 3.63) is 35.4 Å². The highest BCUT2D eigenvalue weighted by molar-refractivity contribution is 5.38. The normalized spacial score (nSPS) is 49.2. The fourth-order valence-electron chi connectivity index (χ4n) is 5.36. The van der Waals surface area contributed by atoms with Crippen molar-refractivity contribution in [2.75, 3.05) is 14.2 Å². The van der Waals surface area contributed by atoms with Gasteiger partial charge in [-0.2, -0.15) is 0 Å². The smallest absolute Gasteiger partial charge is 0.161 e. The number of methoxy groups -OCH3 is 2. The molecule has 1 saturated carbocycles. The Hall–Kier alpha value is -0.940. The zero-order valence-electron chi connectivity index (χ0n) is 12.3. The van der Waals surface area contributed by atoms with Gasteiger partial charge in [0, 0.05) is 37.9 Å². The van der Waals surface area contributed by atoms with Crippen molar-refractivity contribution in [3.8, 4) is 0 Å². The highest BCUT2D eigenvalue weighted by atomic mass is 16.7. The number of ether oxygens (including phenoxy) is 4. The Morgan fingerprint density at radius 1 is 0.857 bits per heavy atom. The van der Waals surface area contributed by atoms with Crippen LogP contribution in [0.3, 0.4) is 0 Å². The van der Waals surface area contributed by atoms with Crippen LogP contribution in [-0.2, 0) is 18.9 Å². The van der Waals surface area contributed by atoms with E-state index in [0.717, 1.165) is 6.42 Å². The lowest BCUT2D eigenvalue weighted by Gasteiger charge is -2.35. The van der Waals surface area contributed by atoms with Gasteiger partial charge in [-0.3, -0.25) is 0 Å². The summed E-state index contributed by atoms with van der Waals surface area (Å²) in [5, 5.41) is 0. The van der Waals surface area contributed by atoms with E-state index in [9.17, 15) is 0 Å². The number of rotatable bonds is 2. The minimum absolute atomic E-state index is 0.0880. The average molecular weight is 288 g/mol. The molecule has 0 aromatic heterocycles. The van der Waals surface area contributed by atoms with Gasteiger partial charge in [0.1, 0.15) is 0 Å². The SMILES string of the molecule is CO[C@@H]1OC2c3ccccc3C3O[C@H](OC)C4CC1C2C34. The summed E-state index contributed by atoms with van der Waals surface area (Å²) in [7, 11) is 3.51. The molecule has 21 heavy (non-hydrogen) atoms. The van der Waals surface area contributed by atoms with E-state index in [1.165, 1.54) is 11.1 Å². The summed E-state index contributed by atoms with van der Waals surface area (Å²) in [6.07, 6.45) is 1.21. The summed E-state index contributed by atoms with van der Waals surface area (Å²) in [5.41, 5.74) is 2.57. The van der Waals surface area contributed by atoms with Crippen molar-refractivity contribution in [2.24, 2.45) is 23.7 Å². The topological polar surface area (TPSA) is 36.9 Å². The summed E-state index contributed by atoms with van der Waals surface area (Å²) in [6.45, 7) is 0. The van der Waals surface area contributed by atoms with Gasteiger partial charge in [0.05, 0.1) is 12.2 Å². The van der Waals surface area contributed by atoms with Crippen LogP contribution in [0.25, 0.3) is 0 Å². The van der Waals surface area contributed by atoms with Gasteiger partial charge in [0.25, 0.3) is 0 Å². The molecule has 0 amide bonds. The Bertz CT molecular complexity index is 525. The highest BCUT2D eigenvalue weighted by Gasteiger charge is 2.66. The van der Waals surface area contributed by atoms with Gasteiger partial charge in [-0.1, -0.05) is 24.3 Å². The third-order valence-electron chi connectivity index (χ3n) is 6.01. The second kappa shape index (κ2) is 4.29. The highest BCUT2D eigenvalue weighted by Crippen LogP contribution is 2.67. The lowest BCUT2D eigenvalue weighted by atomic mass is 9.71. The van der Waals surface area contributed by atoms with Crippen LogP contribution < -0.4 is 0 Å². The molecule has 2 aliphatic carbocycles. The van der Waals surface area contributed by atoms with Gasteiger partial charge in [0.2, 0.25) is 0 Å². The van der Waals surface area contributed by atoms with Crippen molar-refractivity contribution in [1.29, 1.82) is 0 Å². The first-order chi connectivity index (χ1) is 10.3. The first-order valence-electron chi connectivity index (χ1n) is 7.79. The van der Waals surface area contributed by atoms with E-state index in [1.54, 1.807) is 14.2 Å². The van der Waals surface area contributed by atoms with Crippen LogP contribution >= 0.6 is 0 Å². The molecule has 0 bridgehead atoms. The van der Waals surface area contributed by atoms with E-state index in [1.807, 2.05) is 0 Å². The Balaban J connectivity index is 1.67. The molecule has 0 spiro atoms. The number of hydrogen-bond donors (Lipinski definition) is 0. The molecule has 3 fully saturated rings. The molecule has 112 valence electrons. The molecular weight excluding hydrogens is 268 g/mol. The van der Waals surface area contributed by atoms with E-state index in [0.29, 0.717) is 23.7 Å². The van der Waals surface area contributed by atoms with E-state index in [4.69, 9.17) is 18.9 Å². The lowest BCUT2D eigenvalue weighted by molar-refractivity contribution is -0.146. The average Bonchev–Trinajstić information content (AvgIpc) is 3.16. The zero-order chi connectivity index (χ0) is 14.1. The van der Waals surface area contributed by atoms with Gasteiger partial charge < -0.3 is 18.9 Å². The molecule has 2 saturated heterocycles. The van der Waals surface area contributed by atoms with Crippen molar-refractivity contribution >= 4 is 0 Å². The molecule has 8 atom stereocenters. The van der Waals surface area contributed by atoms with Gasteiger partial charge >= 0.3 is 0 Å². The second-order valence-electron chi connectivity index (χ2n) is 6.67. The second-order valence-corrected chi connectivity index (χ2v) is 6.67. The predicted molar refractivity (Wildman–Crippen MR) is 74.3 cm³/mol. The predicted octanol–water partition coefficient (Wildman–Crippen LogP) is 2.66. The molecule has 4 aliphatic rings. The van der Waals surface area contributed by atoms with Gasteiger partial charge in [0.15, 0.2) is 12.6 Å². The summed E-state index contributed by atoms with van der Waals surface area (Å²) >= 11 is 0. The van der Waals surface area contributed by atoms with Crippen LogP contribution in [0, 0.1) is 23.7 Å². The molecule has 0 radical (unpaired) electrons. The third-order valence-corrected chi connectivity index (χ3v) is 6.01. The van der Waals surface area contributed by atoms with Crippen molar-refractivity contribution in [2.45, 2.75) is 31.2 Å². The fourth-order valence-corrected chi connectivity index (χ4v) is 5.36. The standard InChI is InChI=1S/C17H20O4/c1-18-16-10-7-11-13-12(10)14(20-16)8-5-3-4-6-9(8)15(13)21-17(11)19-2/h3-6,10-17H,7H2,1-2H3/t10?,11?,12?,13?,14?,15?,16-,17+. The Labute approximate surface area is 124 Å². The molecule has 1 aromatic carbocycles. The fraction of sp³-hybridized carbons (Fsp3) is 0.647. The quantitative estimate of drug-likeness (QED) is 0.838. The minimum atomic E-state index is -0.0880. The van der Waals surface area contributed by atoms with Crippen LogP contribution in [-0.4, -0.2) is 26.8 Å². The Kier molecular flexibility index (Phi) is 2.57. The molecule has 6 unspecified atom stereocenters. The maximum Gasteiger partial charge on any atom is 0.161 e. The summed E-state index contributed by atoms with van der Waals surface area (Å²) in [5.74, 6) is 1.93. The Morgan fingerprint density at radius 2 is 1.33 bits per heavy atom. The van der Waals surface area contributed by atoms with Crippen LogP contribution in [0.1, 0.15) is 29.8 Å². The van der Waals surface area contributed by atoms with Gasteiger partial charge in [-0.25, -0.2) is 0 Å². The maximum atomic E-state index is 6.25. The van der Waals surface area contributed by atoms with Crippen molar-refractivity contribution < 1.29 is 18.9 Å². The molecule has 1 aromatic rings. The van der Waals surface area contributed by atoms with E-state index < -0.39 is 0 Å². The first-order valence-corrected chi connectivity index (χ1v) is 7.79. The molecule has 4 nitrogen and oxygen atoms in total. The number of fused-ring (bicyclic) bond motifs is 3. The van der Waals surface area contributed by atoms with Crippen molar-refractivity contribution in [1.82, 2.24) is 0 Å². The van der Waals surface area contributed by atoms with Crippen LogP contribution in [0.5, 0.6) is 0 Å². The largest absolute Gasteiger partial charge is 0.356 e. The number of benzene rings is 1. The van der Waals surface area contributed by atoms with Crippen LogP contribution in [0.4, 0.5) is 0 Å². The van der Waals surface area contributed by atoms with E-state index >= 15 is 0 Å². The molecular formula is C17H20O4. The first kappa shape index (κ1) is 12.6. The van der Waals surface area contributed by atoms with Crippen LogP contribution in [0.15, 0.2) is 24.3 Å². The lowest BCUT2D eigenvalue weighted by Crippen LogP contribution is -2.29. The summed E-state index contributed by atoms with van der Waals surface area (Å²) < 4.78 is 23.7. The molecule has 5 rings (SSSR count).